The Balaban J connectivity index is 4.20. The molecule has 0 radical (unpaired) electrons. The quantitative estimate of drug-likeness (QED) is 0.481. The van der Waals surface area contributed by atoms with E-state index in [9.17, 15) is 9.59 Å². The van der Waals surface area contributed by atoms with E-state index in [2.05, 4.69) is 0 Å². The van der Waals surface area contributed by atoms with Crippen LogP contribution in [0.25, 0.3) is 0 Å². The van der Waals surface area contributed by atoms with Crippen LogP contribution in [0, 0.1) is 5.92 Å². The molecule has 0 saturated carbocycles. The monoisotopic (exact) mass is 218 g/mol. The molecule has 0 aromatic rings. The van der Waals surface area contributed by atoms with Crippen LogP contribution in [0.15, 0.2) is 0 Å². The zero-order valence-corrected chi connectivity index (χ0v) is 8.93. The van der Waals surface area contributed by atoms with Crippen LogP contribution < -0.4 is 11.5 Å². The molecule has 0 aliphatic heterocycles. The van der Waals surface area contributed by atoms with Crippen LogP contribution in [-0.4, -0.2) is 33.7 Å². The number of carbonyl (C=O) groups is 2. The number of aliphatic carboxylic acids is 2. The van der Waals surface area contributed by atoms with Gasteiger partial charge in [0, 0.05) is 0 Å². The van der Waals surface area contributed by atoms with Gasteiger partial charge in [-0.15, -0.1) is 0 Å². The molecule has 0 aromatic carbocycles. The molecule has 88 valence electrons. The Morgan fingerprint density at radius 1 is 1.33 bits per heavy atom. The summed E-state index contributed by atoms with van der Waals surface area (Å²) in [4.78, 5) is 21.2. The number of nitrogens with two attached hydrogens (primary N) is 2. The highest BCUT2D eigenvalue weighted by molar-refractivity contribution is 5.78. The Morgan fingerprint density at radius 3 is 2.13 bits per heavy atom. The maximum atomic E-state index is 10.8. The van der Waals surface area contributed by atoms with Crippen LogP contribution in [0.1, 0.15) is 26.7 Å². The number of carboxylic acid groups (broad SMARTS) is 2. The van der Waals surface area contributed by atoms with Gasteiger partial charge in [0.05, 0.1) is 0 Å². The standard InChI is InChI=1S/C9H18N2O4/c1-5(9(2,11)8(14)15)3-4-6(10)7(12)13/h5-6H,3-4,10-11H2,1-2H3,(H,12,13)(H,14,15). The SMILES string of the molecule is CC(CCC(N)C(=O)O)C(C)(N)C(=O)O. The molecule has 0 bridgehead atoms. The van der Waals surface area contributed by atoms with Gasteiger partial charge in [0.2, 0.25) is 0 Å². The molecule has 3 atom stereocenters. The van der Waals surface area contributed by atoms with Crippen LogP contribution >= 0.6 is 0 Å². The highest BCUT2D eigenvalue weighted by Gasteiger charge is 2.34. The smallest absolute Gasteiger partial charge is 0.323 e. The van der Waals surface area contributed by atoms with Crippen LogP contribution in [0.5, 0.6) is 0 Å². The normalized spacial score (nSPS) is 18.9. The van der Waals surface area contributed by atoms with Gasteiger partial charge in [-0.1, -0.05) is 6.92 Å². The van der Waals surface area contributed by atoms with Gasteiger partial charge in [-0.3, -0.25) is 9.59 Å². The molecule has 0 heterocycles. The Kier molecular flexibility index (Phi) is 4.70. The van der Waals surface area contributed by atoms with E-state index in [1.54, 1.807) is 6.92 Å². The van der Waals surface area contributed by atoms with Crippen molar-refractivity contribution in [2.45, 2.75) is 38.3 Å². The second-order valence-corrected chi connectivity index (χ2v) is 4.01. The number of carboxylic acids is 2. The topological polar surface area (TPSA) is 127 Å². The van der Waals surface area contributed by atoms with Crippen molar-refractivity contribution in [2.75, 3.05) is 0 Å². The zero-order chi connectivity index (χ0) is 12.2. The van der Waals surface area contributed by atoms with E-state index in [0.717, 1.165) is 0 Å². The van der Waals surface area contributed by atoms with Crippen molar-refractivity contribution >= 4 is 11.9 Å². The second-order valence-electron chi connectivity index (χ2n) is 4.01. The van der Waals surface area contributed by atoms with E-state index in [0.29, 0.717) is 6.42 Å². The lowest BCUT2D eigenvalue weighted by Gasteiger charge is -2.27. The summed E-state index contributed by atoms with van der Waals surface area (Å²) in [6, 6.07) is -0.961. The summed E-state index contributed by atoms with van der Waals surface area (Å²) in [6.07, 6.45) is 0.587. The van der Waals surface area contributed by atoms with E-state index >= 15 is 0 Å². The minimum atomic E-state index is -1.35. The number of hydrogen-bond donors (Lipinski definition) is 4. The molecule has 15 heavy (non-hydrogen) atoms. The van der Waals surface area contributed by atoms with Crippen LogP contribution in [0.4, 0.5) is 0 Å². The molecule has 0 fully saturated rings. The van der Waals surface area contributed by atoms with E-state index < -0.39 is 23.5 Å². The third kappa shape index (κ3) is 3.85. The lowest BCUT2D eigenvalue weighted by Crippen LogP contribution is -2.50. The maximum Gasteiger partial charge on any atom is 0.323 e. The molecule has 0 saturated heterocycles. The minimum Gasteiger partial charge on any atom is -0.480 e. The summed E-state index contributed by atoms with van der Waals surface area (Å²) in [5.74, 6) is -2.52. The summed E-state index contributed by atoms with van der Waals surface area (Å²) in [5, 5.41) is 17.3. The molecule has 6 N–H and O–H groups in total. The molecule has 3 unspecified atom stereocenters. The minimum absolute atomic E-state index is 0.219. The molecule has 6 nitrogen and oxygen atoms in total. The highest BCUT2D eigenvalue weighted by atomic mass is 16.4. The van der Waals surface area contributed by atoms with Crippen LogP contribution in [-0.2, 0) is 9.59 Å². The predicted molar refractivity (Wildman–Crippen MR) is 54.2 cm³/mol. The average Bonchev–Trinajstić information content (AvgIpc) is 2.12. The Bertz CT molecular complexity index is 252. The fourth-order valence-electron chi connectivity index (χ4n) is 1.06. The van der Waals surface area contributed by atoms with Gasteiger partial charge in [0.15, 0.2) is 0 Å². The molecule has 0 aliphatic rings. The molecular weight excluding hydrogens is 200 g/mol. The van der Waals surface area contributed by atoms with Gasteiger partial charge in [-0.25, -0.2) is 0 Å². The molecule has 0 spiro atoms. The van der Waals surface area contributed by atoms with Crippen LogP contribution in [0.3, 0.4) is 0 Å². The first-order chi connectivity index (χ1) is 6.69. The van der Waals surface area contributed by atoms with Gasteiger partial charge < -0.3 is 21.7 Å². The maximum absolute atomic E-state index is 10.8. The largest absolute Gasteiger partial charge is 0.480 e. The van der Waals surface area contributed by atoms with Crippen molar-refractivity contribution < 1.29 is 19.8 Å². The van der Waals surface area contributed by atoms with E-state index in [1.807, 2.05) is 0 Å². The van der Waals surface area contributed by atoms with Crippen molar-refractivity contribution in [1.82, 2.24) is 0 Å². The summed E-state index contributed by atoms with van der Waals surface area (Å²) in [7, 11) is 0. The van der Waals surface area contributed by atoms with Crippen molar-refractivity contribution in [3.63, 3.8) is 0 Å². The van der Waals surface area contributed by atoms with Crippen molar-refractivity contribution in [3.8, 4) is 0 Å². The molecule has 6 heteroatoms. The van der Waals surface area contributed by atoms with Gasteiger partial charge >= 0.3 is 11.9 Å². The summed E-state index contributed by atoms with van der Waals surface area (Å²) in [6.45, 7) is 3.08. The van der Waals surface area contributed by atoms with Crippen molar-refractivity contribution in [3.05, 3.63) is 0 Å². The summed E-state index contributed by atoms with van der Waals surface area (Å²) in [5.41, 5.74) is 9.52. The summed E-state index contributed by atoms with van der Waals surface area (Å²) >= 11 is 0. The fraction of sp³-hybridized carbons (Fsp3) is 0.778. The average molecular weight is 218 g/mol. The Labute approximate surface area is 88.3 Å². The fourth-order valence-corrected chi connectivity index (χ4v) is 1.06. The van der Waals surface area contributed by atoms with Crippen LogP contribution in [0.2, 0.25) is 0 Å². The van der Waals surface area contributed by atoms with E-state index in [-0.39, 0.29) is 12.3 Å². The third-order valence-electron chi connectivity index (χ3n) is 2.71. The van der Waals surface area contributed by atoms with Gasteiger partial charge in [-0.05, 0) is 25.7 Å². The lowest BCUT2D eigenvalue weighted by atomic mass is 9.84. The van der Waals surface area contributed by atoms with E-state index in [1.165, 1.54) is 6.92 Å². The molecule has 0 rings (SSSR count). The lowest BCUT2D eigenvalue weighted by molar-refractivity contribution is -0.144. The predicted octanol–water partition coefficient (Wildman–Crippen LogP) is -0.383. The first-order valence-electron chi connectivity index (χ1n) is 4.70. The van der Waals surface area contributed by atoms with Crippen molar-refractivity contribution in [1.29, 1.82) is 0 Å². The first kappa shape index (κ1) is 13.9. The van der Waals surface area contributed by atoms with Gasteiger partial charge in [-0.2, -0.15) is 0 Å². The molecule has 0 aromatic heterocycles. The number of hydrogen-bond acceptors (Lipinski definition) is 4. The summed E-state index contributed by atoms with van der Waals surface area (Å²) < 4.78 is 0. The van der Waals surface area contributed by atoms with E-state index in [4.69, 9.17) is 21.7 Å². The third-order valence-corrected chi connectivity index (χ3v) is 2.71. The molecular formula is C9H18N2O4. The molecule has 0 amide bonds. The second kappa shape index (κ2) is 5.09. The van der Waals surface area contributed by atoms with Gasteiger partial charge in [0.25, 0.3) is 0 Å². The Morgan fingerprint density at radius 2 is 1.80 bits per heavy atom. The van der Waals surface area contributed by atoms with Crippen molar-refractivity contribution in [2.24, 2.45) is 17.4 Å². The first-order valence-corrected chi connectivity index (χ1v) is 4.70. The Hall–Kier alpha value is -1.14. The highest BCUT2D eigenvalue weighted by Crippen LogP contribution is 2.20. The number of rotatable bonds is 6. The van der Waals surface area contributed by atoms with Gasteiger partial charge in [0.1, 0.15) is 11.6 Å². The molecule has 0 aliphatic carbocycles. The zero-order valence-electron chi connectivity index (χ0n) is 8.93.